The SMILES string of the molecule is CC(C)(C)OC(=O)c1cc(CO)c(C(F)(F)F)o1. The normalized spacial score (nSPS) is 12.6. The van der Waals surface area contributed by atoms with Crippen molar-refractivity contribution in [3.8, 4) is 0 Å². The summed E-state index contributed by atoms with van der Waals surface area (Å²) in [7, 11) is 0. The Labute approximate surface area is 101 Å². The van der Waals surface area contributed by atoms with Crippen LogP contribution in [0.1, 0.15) is 42.6 Å². The zero-order valence-electron chi connectivity index (χ0n) is 10.1. The molecule has 0 aromatic carbocycles. The number of carbonyl (C=O) groups is 1. The Morgan fingerprint density at radius 3 is 2.28 bits per heavy atom. The maximum Gasteiger partial charge on any atom is 0.449 e. The number of esters is 1. The molecular formula is C11H13F3O4. The van der Waals surface area contributed by atoms with Crippen LogP contribution >= 0.6 is 0 Å². The summed E-state index contributed by atoms with van der Waals surface area (Å²) in [6.45, 7) is 3.85. The Balaban J connectivity index is 3.06. The van der Waals surface area contributed by atoms with Gasteiger partial charge in [0.1, 0.15) is 5.60 Å². The zero-order chi connectivity index (χ0) is 14.1. The summed E-state index contributed by atoms with van der Waals surface area (Å²) in [6, 6.07) is 0.830. The van der Waals surface area contributed by atoms with Crippen LogP contribution in [0.15, 0.2) is 10.5 Å². The molecule has 0 bridgehead atoms. The van der Waals surface area contributed by atoms with Crippen molar-refractivity contribution < 1.29 is 32.2 Å². The molecule has 0 saturated heterocycles. The van der Waals surface area contributed by atoms with Crippen LogP contribution in [0.5, 0.6) is 0 Å². The third-order valence-corrected chi connectivity index (χ3v) is 1.84. The average molecular weight is 266 g/mol. The first-order chi connectivity index (χ1) is 8.04. The van der Waals surface area contributed by atoms with E-state index in [1.54, 1.807) is 20.8 Å². The van der Waals surface area contributed by atoms with Crippen LogP contribution in [-0.4, -0.2) is 16.7 Å². The van der Waals surface area contributed by atoms with Crippen molar-refractivity contribution in [1.82, 2.24) is 0 Å². The fraction of sp³-hybridized carbons (Fsp3) is 0.545. The van der Waals surface area contributed by atoms with Crippen molar-refractivity contribution in [2.24, 2.45) is 0 Å². The van der Waals surface area contributed by atoms with Crippen molar-refractivity contribution >= 4 is 5.97 Å². The number of aliphatic hydroxyl groups is 1. The predicted octanol–water partition coefficient (Wildman–Crippen LogP) is 2.75. The number of halogens is 3. The molecule has 7 heteroatoms. The molecule has 18 heavy (non-hydrogen) atoms. The molecule has 0 aliphatic carbocycles. The third-order valence-electron chi connectivity index (χ3n) is 1.84. The van der Waals surface area contributed by atoms with Crippen molar-refractivity contribution in [3.05, 3.63) is 23.2 Å². The predicted molar refractivity (Wildman–Crippen MR) is 54.8 cm³/mol. The summed E-state index contributed by atoms with van der Waals surface area (Å²) in [5, 5.41) is 8.80. The van der Waals surface area contributed by atoms with Gasteiger partial charge in [-0.05, 0) is 26.8 Å². The highest BCUT2D eigenvalue weighted by molar-refractivity contribution is 5.87. The van der Waals surface area contributed by atoms with Gasteiger partial charge in [0.25, 0.3) is 0 Å². The molecule has 0 fully saturated rings. The van der Waals surface area contributed by atoms with Gasteiger partial charge in [0, 0.05) is 5.56 Å². The summed E-state index contributed by atoms with van der Waals surface area (Å²) in [4.78, 5) is 11.5. The Hall–Kier alpha value is -1.50. The minimum Gasteiger partial charge on any atom is -0.454 e. The molecule has 0 unspecified atom stereocenters. The largest absolute Gasteiger partial charge is 0.454 e. The van der Waals surface area contributed by atoms with Gasteiger partial charge in [-0.25, -0.2) is 4.79 Å². The van der Waals surface area contributed by atoms with Crippen LogP contribution in [-0.2, 0) is 17.5 Å². The van der Waals surface area contributed by atoms with E-state index >= 15 is 0 Å². The Kier molecular flexibility index (Phi) is 3.75. The van der Waals surface area contributed by atoms with Crippen LogP contribution in [0, 0.1) is 0 Å². The Morgan fingerprint density at radius 2 is 1.94 bits per heavy atom. The standard InChI is InChI=1S/C11H13F3O4/c1-10(2,3)18-9(16)7-4-6(5-15)8(17-7)11(12,13)14/h4,15H,5H2,1-3H3. The zero-order valence-corrected chi connectivity index (χ0v) is 10.1. The molecule has 0 amide bonds. The van der Waals surface area contributed by atoms with Gasteiger partial charge in [-0.3, -0.25) is 0 Å². The molecule has 0 aliphatic heterocycles. The number of hydrogen-bond acceptors (Lipinski definition) is 4. The van der Waals surface area contributed by atoms with Crippen molar-refractivity contribution in [1.29, 1.82) is 0 Å². The first-order valence-electron chi connectivity index (χ1n) is 5.08. The quantitative estimate of drug-likeness (QED) is 0.836. The molecular weight excluding hydrogens is 253 g/mol. The summed E-state index contributed by atoms with van der Waals surface area (Å²) < 4.78 is 46.8. The molecule has 1 aromatic heterocycles. The summed E-state index contributed by atoms with van der Waals surface area (Å²) in [5.41, 5.74) is -1.34. The number of furan rings is 1. The van der Waals surface area contributed by atoms with Gasteiger partial charge in [-0.15, -0.1) is 0 Å². The summed E-state index contributed by atoms with van der Waals surface area (Å²) in [5.74, 6) is -2.97. The van der Waals surface area contributed by atoms with E-state index < -0.39 is 41.4 Å². The summed E-state index contributed by atoms with van der Waals surface area (Å²) >= 11 is 0. The summed E-state index contributed by atoms with van der Waals surface area (Å²) in [6.07, 6.45) is -4.77. The molecule has 0 spiro atoms. The molecule has 4 nitrogen and oxygen atoms in total. The number of carbonyl (C=O) groups excluding carboxylic acids is 1. The fourth-order valence-corrected chi connectivity index (χ4v) is 1.22. The monoisotopic (exact) mass is 266 g/mol. The van der Waals surface area contributed by atoms with Gasteiger partial charge < -0.3 is 14.3 Å². The minimum atomic E-state index is -4.77. The number of rotatable bonds is 2. The highest BCUT2D eigenvalue weighted by Crippen LogP contribution is 2.34. The second-order valence-corrected chi connectivity index (χ2v) is 4.62. The van der Waals surface area contributed by atoms with E-state index in [1.165, 1.54) is 0 Å². The molecule has 0 saturated carbocycles. The molecule has 1 heterocycles. The molecule has 0 atom stereocenters. The van der Waals surface area contributed by atoms with Crippen molar-refractivity contribution in [3.63, 3.8) is 0 Å². The van der Waals surface area contributed by atoms with Gasteiger partial charge in [-0.2, -0.15) is 13.2 Å². The van der Waals surface area contributed by atoms with Crippen LogP contribution in [0.2, 0.25) is 0 Å². The van der Waals surface area contributed by atoms with Crippen molar-refractivity contribution in [2.45, 2.75) is 39.2 Å². The topological polar surface area (TPSA) is 59.7 Å². The number of aliphatic hydroxyl groups excluding tert-OH is 1. The van der Waals surface area contributed by atoms with E-state index in [-0.39, 0.29) is 0 Å². The molecule has 1 aromatic rings. The van der Waals surface area contributed by atoms with E-state index in [4.69, 9.17) is 9.84 Å². The number of ether oxygens (including phenoxy) is 1. The van der Waals surface area contributed by atoms with Gasteiger partial charge in [-0.1, -0.05) is 0 Å². The smallest absolute Gasteiger partial charge is 0.449 e. The highest BCUT2D eigenvalue weighted by Gasteiger charge is 2.39. The van der Waals surface area contributed by atoms with E-state index in [0.29, 0.717) is 0 Å². The van der Waals surface area contributed by atoms with Gasteiger partial charge in [0.2, 0.25) is 11.5 Å². The number of hydrogen-bond donors (Lipinski definition) is 1. The second-order valence-electron chi connectivity index (χ2n) is 4.62. The fourth-order valence-electron chi connectivity index (χ4n) is 1.22. The molecule has 1 N–H and O–H groups in total. The maximum absolute atomic E-state index is 12.5. The lowest BCUT2D eigenvalue weighted by molar-refractivity contribution is -0.154. The molecule has 0 aliphatic rings. The minimum absolute atomic E-state index is 0.497. The van der Waals surface area contributed by atoms with Crippen LogP contribution in [0.3, 0.4) is 0 Å². The Morgan fingerprint density at radius 1 is 1.39 bits per heavy atom. The molecule has 102 valence electrons. The van der Waals surface area contributed by atoms with E-state index in [1.807, 2.05) is 0 Å². The lowest BCUT2D eigenvalue weighted by atomic mass is 10.2. The van der Waals surface area contributed by atoms with Gasteiger partial charge in [0.15, 0.2) is 0 Å². The maximum atomic E-state index is 12.5. The van der Waals surface area contributed by atoms with Gasteiger partial charge >= 0.3 is 12.1 Å². The van der Waals surface area contributed by atoms with Crippen molar-refractivity contribution in [2.75, 3.05) is 0 Å². The Bertz CT molecular complexity index is 440. The highest BCUT2D eigenvalue weighted by atomic mass is 19.4. The van der Waals surface area contributed by atoms with Crippen LogP contribution in [0.4, 0.5) is 13.2 Å². The number of alkyl halides is 3. The lowest BCUT2D eigenvalue weighted by Crippen LogP contribution is -2.23. The first kappa shape index (κ1) is 14.6. The molecule has 1 rings (SSSR count). The van der Waals surface area contributed by atoms with E-state index in [9.17, 15) is 18.0 Å². The second kappa shape index (κ2) is 4.64. The van der Waals surface area contributed by atoms with E-state index in [2.05, 4.69) is 4.42 Å². The lowest BCUT2D eigenvalue weighted by Gasteiger charge is -2.18. The molecule has 0 radical (unpaired) electrons. The first-order valence-corrected chi connectivity index (χ1v) is 5.08. The van der Waals surface area contributed by atoms with Crippen LogP contribution in [0.25, 0.3) is 0 Å². The average Bonchev–Trinajstić information content (AvgIpc) is 2.57. The van der Waals surface area contributed by atoms with E-state index in [0.717, 1.165) is 6.07 Å². The van der Waals surface area contributed by atoms with Crippen LogP contribution < -0.4 is 0 Å². The van der Waals surface area contributed by atoms with Gasteiger partial charge in [0.05, 0.1) is 6.61 Å². The third kappa shape index (κ3) is 3.49.